The fraction of sp³-hybridized carbons (Fsp3) is 0.238. The van der Waals surface area contributed by atoms with Crippen LogP contribution in [0.1, 0.15) is 23.0 Å². The van der Waals surface area contributed by atoms with Gasteiger partial charge in [0.1, 0.15) is 23.4 Å². The van der Waals surface area contributed by atoms with Crippen molar-refractivity contribution in [3.63, 3.8) is 0 Å². The van der Waals surface area contributed by atoms with Crippen LogP contribution in [0.25, 0.3) is 0 Å². The number of methoxy groups -OCH3 is 1. The molecule has 7 heteroatoms. The van der Waals surface area contributed by atoms with Gasteiger partial charge in [-0.25, -0.2) is 14.2 Å². The van der Waals surface area contributed by atoms with Crippen LogP contribution in [0.5, 0.6) is 5.75 Å². The summed E-state index contributed by atoms with van der Waals surface area (Å²) in [6.07, 6.45) is 3.92. The predicted molar refractivity (Wildman–Crippen MR) is 105 cm³/mol. The van der Waals surface area contributed by atoms with Gasteiger partial charge in [0.2, 0.25) is 0 Å². The Labute approximate surface area is 163 Å². The van der Waals surface area contributed by atoms with Gasteiger partial charge in [-0.2, -0.15) is 0 Å². The van der Waals surface area contributed by atoms with Crippen molar-refractivity contribution in [2.75, 3.05) is 13.7 Å². The quantitative estimate of drug-likeness (QED) is 0.659. The molecule has 0 radical (unpaired) electrons. The van der Waals surface area contributed by atoms with Crippen molar-refractivity contribution < 1.29 is 13.9 Å². The van der Waals surface area contributed by atoms with E-state index >= 15 is 0 Å². The first-order chi connectivity index (χ1) is 13.6. The lowest BCUT2D eigenvalue weighted by Gasteiger charge is -2.20. The molecule has 0 saturated carbocycles. The predicted octanol–water partition coefficient (Wildman–Crippen LogP) is 3.20. The van der Waals surface area contributed by atoms with Gasteiger partial charge < -0.3 is 19.9 Å². The maximum atomic E-state index is 13.7. The number of aryl methyl sites for hydroxylation is 1. The van der Waals surface area contributed by atoms with Crippen LogP contribution in [0.3, 0.4) is 0 Å². The molecule has 146 valence electrons. The van der Waals surface area contributed by atoms with Crippen molar-refractivity contribution in [2.45, 2.75) is 12.5 Å². The molecule has 1 heterocycles. The zero-order valence-electron chi connectivity index (χ0n) is 15.9. The fourth-order valence-corrected chi connectivity index (χ4v) is 2.94. The molecule has 0 aliphatic heterocycles. The largest absolute Gasteiger partial charge is 0.497 e. The van der Waals surface area contributed by atoms with E-state index in [2.05, 4.69) is 15.6 Å². The minimum absolute atomic E-state index is 0.270. The Kier molecular flexibility index (Phi) is 6.26. The second-order valence-electron chi connectivity index (χ2n) is 6.34. The van der Waals surface area contributed by atoms with Crippen LogP contribution < -0.4 is 15.4 Å². The number of carbonyl (C=O) groups is 1. The average Bonchev–Trinajstić information content (AvgIpc) is 3.13. The zero-order chi connectivity index (χ0) is 19.9. The lowest BCUT2D eigenvalue weighted by Crippen LogP contribution is -2.40. The summed E-state index contributed by atoms with van der Waals surface area (Å²) in [5, 5.41) is 5.73. The normalized spacial score (nSPS) is 11.7. The Morgan fingerprint density at radius 2 is 1.96 bits per heavy atom. The lowest BCUT2D eigenvalue weighted by atomic mass is 10.1. The van der Waals surface area contributed by atoms with Gasteiger partial charge in [0, 0.05) is 26.0 Å². The maximum Gasteiger partial charge on any atom is 0.315 e. The minimum atomic E-state index is -0.431. The second-order valence-corrected chi connectivity index (χ2v) is 6.34. The van der Waals surface area contributed by atoms with Crippen LogP contribution in [0.2, 0.25) is 0 Å². The number of rotatable bonds is 7. The highest BCUT2D eigenvalue weighted by Crippen LogP contribution is 2.22. The maximum absolute atomic E-state index is 13.7. The number of carbonyl (C=O) groups excluding carboxylic acids is 1. The van der Waals surface area contributed by atoms with E-state index in [1.54, 1.807) is 31.5 Å². The van der Waals surface area contributed by atoms with E-state index in [0.29, 0.717) is 24.4 Å². The van der Waals surface area contributed by atoms with Crippen LogP contribution in [-0.2, 0) is 13.5 Å². The molecular weight excluding hydrogens is 359 g/mol. The number of nitrogens with one attached hydrogen (secondary N) is 2. The topological polar surface area (TPSA) is 68.2 Å². The molecule has 3 rings (SSSR count). The minimum Gasteiger partial charge on any atom is -0.497 e. The first kappa shape index (κ1) is 19.4. The number of hydrogen-bond acceptors (Lipinski definition) is 3. The summed E-state index contributed by atoms with van der Waals surface area (Å²) < 4.78 is 20.7. The molecule has 0 unspecified atom stereocenters. The summed E-state index contributed by atoms with van der Waals surface area (Å²) in [4.78, 5) is 16.8. The molecule has 3 aromatic rings. The van der Waals surface area contributed by atoms with Crippen LogP contribution in [0.15, 0.2) is 60.9 Å². The summed E-state index contributed by atoms with van der Waals surface area (Å²) in [6, 6.07) is 13.2. The van der Waals surface area contributed by atoms with Crippen LogP contribution >= 0.6 is 0 Å². The summed E-state index contributed by atoms with van der Waals surface area (Å²) in [5.74, 6) is 1.17. The molecule has 0 aliphatic rings. The number of imidazole rings is 1. The standard InChI is InChI=1S/C21H23FN4O2/c1-26-14-13-23-20(26)19(16-7-9-17(28-2)10-8-16)25-21(27)24-12-11-15-5-3-4-6-18(15)22/h3-10,13-14,19H,11-12H2,1-2H3,(H2,24,25,27)/t19-/m0/s1. The fourth-order valence-electron chi connectivity index (χ4n) is 2.94. The third kappa shape index (κ3) is 4.68. The average molecular weight is 382 g/mol. The SMILES string of the molecule is COc1ccc([C@H](NC(=O)NCCc2ccccc2F)c2nccn2C)cc1. The van der Waals surface area contributed by atoms with Gasteiger partial charge in [0.25, 0.3) is 0 Å². The molecule has 1 aromatic heterocycles. The Bertz CT molecular complexity index is 924. The Hall–Kier alpha value is -3.35. The molecule has 2 N–H and O–H groups in total. The van der Waals surface area contributed by atoms with E-state index in [1.165, 1.54) is 6.07 Å². The number of urea groups is 1. The Balaban J connectivity index is 1.68. The Morgan fingerprint density at radius 1 is 1.21 bits per heavy atom. The highest BCUT2D eigenvalue weighted by atomic mass is 19.1. The van der Waals surface area contributed by atoms with Crippen LogP contribution in [-0.4, -0.2) is 29.2 Å². The third-order valence-electron chi connectivity index (χ3n) is 4.48. The molecular formula is C21H23FN4O2. The summed E-state index contributed by atoms with van der Waals surface area (Å²) >= 11 is 0. The molecule has 0 fully saturated rings. The molecule has 2 amide bonds. The van der Waals surface area contributed by atoms with Gasteiger partial charge in [-0.05, 0) is 35.7 Å². The number of halogens is 1. The van der Waals surface area contributed by atoms with Crippen LogP contribution in [0, 0.1) is 5.82 Å². The van der Waals surface area contributed by atoms with E-state index in [-0.39, 0.29) is 11.8 Å². The lowest BCUT2D eigenvalue weighted by molar-refractivity contribution is 0.238. The molecule has 6 nitrogen and oxygen atoms in total. The molecule has 1 atom stereocenters. The number of ether oxygens (including phenoxy) is 1. The van der Waals surface area contributed by atoms with E-state index in [0.717, 1.165) is 11.3 Å². The summed E-state index contributed by atoms with van der Waals surface area (Å²) in [7, 11) is 3.48. The smallest absolute Gasteiger partial charge is 0.315 e. The Morgan fingerprint density at radius 3 is 2.61 bits per heavy atom. The summed E-state index contributed by atoms with van der Waals surface area (Å²) in [6.45, 7) is 0.322. The number of hydrogen-bond donors (Lipinski definition) is 2. The van der Waals surface area contributed by atoms with Crippen molar-refractivity contribution in [1.82, 2.24) is 20.2 Å². The molecule has 0 saturated heterocycles. The highest BCUT2D eigenvalue weighted by Gasteiger charge is 2.20. The number of amides is 2. The van der Waals surface area contributed by atoms with Crippen molar-refractivity contribution >= 4 is 6.03 Å². The number of aromatic nitrogens is 2. The van der Waals surface area contributed by atoms with Gasteiger partial charge in [-0.3, -0.25) is 0 Å². The van der Waals surface area contributed by atoms with Crippen molar-refractivity contribution in [3.05, 3.63) is 83.7 Å². The van der Waals surface area contributed by atoms with E-state index < -0.39 is 6.04 Å². The van der Waals surface area contributed by atoms with E-state index in [4.69, 9.17) is 4.74 Å². The van der Waals surface area contributed by atoms with Crippen molar-refractivity contribution in [3.8, 4) is 5.75 Å². The van der Waals surface area contributed by atoms with E-state index in [9.17, 15) is 9.18 Å². The monoisotopic (exact) mass is 382 g/mol. The highest BCUT2D eigenvalue weighted by molar-refractivity contribution is 5.74. The molecule has 0 spiro atoms. The molecule has 0 aliphatic carbocycles. The van der Waals surface area contributed by atoms with Gasteiger partial charge in [0.15, 0.2) is 0 Å². The third-order valence-corrected chi connectivity index (χ3v) is 4.48. The van der Waals surface area contributed by atoms with Gasteiger partial charge in [-0.15, -0.1) is 0 Å². The molecule has 0 bridgehead atoms. The molecule has 28 heavy (non-hydrogen) atoms. The van der Waals surface area contributed by atoms with Gasteiger partial charge in [0.05, 0.1) is 7.11 Å². The summed E-state index contributed by atoms with van der Waals surface area (Å²) in [5.41, 5.74) is 1.44. The zero-order valence-corrected chi connectivity index (χ0v) is 15.9. The second kappa shape index (κ2) is 9.03. The van der Waals surface area contributed by atoms with E-state index in [1.807, 2.05) is 42.1 Å². The number of benzene rings is 2. The molecule has 2 aromatic carbocycles. The first-order valence-electron chi connectivity index (χ1n) is 8.97. The van der Waals surface area contributed by atoms with Crippen molar-refractivity contribution in [1.29, 1.82) is 0 Å². The van der Waals surface area contributed by atoms with Crippen molar-refractivity contribution in [2.24, 2.45) is 7.05 Å². The number of nitrogens with zero attached hydrogens (tertiary/aromatic N) is 2. The van der Waals surface area contributed by atoms with Crippen LogP contribution in [0.4, 0.5) is 9.18 Å². The van der Waals surface area contributed by atoms with Gasteiger partial charge in [-0.1, -0.05) is 30.3 Å². The van der Waals surface area contributed by atoms with Gasteiger partial charge >= 0.3 is 6.03 Å². The first-order valence-corrected chi connectivity index (χ1v) is 8.97.